The van der Waals surface area contributed by atoms with E-state index < -0.39 is 0 Å². The average Bonchev–Trinajstić information content (AvgIpc) is 2.33. The molecule has 18 heavy (non-hydrogen) atoms. The summed E-state index contributed by atoms with van der Waals surface area (Å²) in [6.45, 7) is 6.27. The van der Waals surface area contributed by atoms with Gasteiger partial charge in [0.15, 0.2) is 0 Å². The topological polar surface area (TPSA) is 35.2 Å². The van der Waals surface area contributed by atoms with Crippen molar-refractivity contribution in [1.82, 2.24) is 0 Å². The van der Waals surface area contributed by atoms with Crippen LogP contribution in [0.4, 0.5) is 0 Å². The van der Waals surface area contributed by atoms with Gasteiger partial charge in [-0.3, -0.25) is 0 Å². The van der Waals surface area contributed by atoms with Gasteiger partial charge in [-0.05, 0) is 50.8 Å². The smallest absolute Gasteiger partial charge is 0.126 e. The Morgan fingerprint density at radius 3 is 2.61 bits per heavy atom. The van der Waals surface area contributed by atoms with Crippen LogP contribution in [0.2, 0.25) is 0 Å². The minimum Gasteiger partial charge on any atom is -0.496 e. The molecule has 0 atom stereocenters. The molecule has 0 bridgehead atoms. The summed E-state index contributed by atoms with van der Waals surface area (Å²) in [5.41, 5.74) is 8.33. The lowest BCUT2D eigenvalue weighted by molar-refractivity contribution is 0.413. The SMILES string of the molecule is CCc1ccc(OC)c(/C=C/CCC(C)(C)N)c1. The molecule has 0 heterocycles. The van der Waals surface area contributed by atoms with E-state index >= 15 is 0 Å². The minimum absolute atomic E-state index is 0.0975. The molecular weight excluding hydrogens is 222 g/mol. The highest BCUT2D eigenvalue weighted by molar-refractivity contribution is 5.58. The second-order valence-corrected chi connectivity index (χ2v) is 5.36. The third kappa shape index (κ3) is 4.92. The molecule has 0 saturated heterocycles. The number of hydrogen-bond acceptors (Lipinski definition) is 2. The maximum atomic E-state index is 5.96. The molecule has 2 heteroatoms. The maximum absolute atomic E-state index is 5.96. The van der Waals surface area contributed by atoms with E-state index in [1.165, 1.54) is 5.56 Å². The van der Waals surface area contributed by atoms with Gasteiger partial charge in [0.1, 0.15) is 5.75 Å². The zero-order valence-electron chi connectivity index (χ0n) is 12.0. The Morgan fingerprint density at radius 1 is 1.33 bits per heavy atom. The van der Waals surface area contributed by atoms with Crippen LogP contribution in [0.25, 0.3) is 6.08 Å². The molecule has 0 spiro atoms. The number of methoxy groups -OCH3 is 1. The molecule has 0 aliphatic carbocycles. The zero-order valence-corrected chi connectivity index (χ0v) is 12.0. The molecule has 1 aromatic carbocycles. The highest BCUT2D eigenvalue weighted by Gasteiger charge is 2.08. The molecule has 0 unspecified atom stereocenters. The van der Waals surface area contributed by atoms with Gasteiger partial charge in [0, 0.05) is 11.1 Å². The Labute approximate surface area is 111 Å². The maximum Gasteiger partial charge on any atom is 0.126 e. The summed E-state index contributed by atoms with van der Waals surface area (Å²) in [4.78, 5) is 0. The van der Waals surface area contributed by atoms with Crippen molar-refractivity contribution in [3.8, 4) is 5.75 Å². The molecule has 0 amide bonds. The van der Waals surface area contributed by atoms with Crippen LogP contribution < -0.4 is 10.5 Å². The second kappa shape index (κ2) is 6.60. The lowest BCUT2D eigenvalue weighted by Gasteiger charge is -2.16. The Balaban J connectivity index is 2.72. The van der Waals surface area contributed by atoms with Crippen LogP contribution in [0.3, 0.4) is 0 Å². The first-order valence-corrected chi connectivity index (χ1v) is 6.58. The summed E-state index contributed by atoms with van der Waals surface area (Å²) in [6.07, 6.45) is 7.32. The molecule has 100 valence electrons. The van der Waals surface area contributed by atoms with E-state index in [1.807, 2.05) is 6.07 Å². The van der Waals surface area contributed by atoms with E-state index in [2.05, 4.69) is 45.1 Å². The fraction of sp³-hybridized carbons (Fsp3) is 0.500. The van der Waals surface area contributed by atoms with Crippen LogP contribution in [0.1, 0.15) is 44.7 Å². The van der Waals surface area contributed by atoms with E-state index in [0.717, 1.165) is 30.6 Å². The van der Waals surface area contributed by atoms with Crippen molar-refractivity contribution in [3.05, 3.63) is 35.4 Å². The number of rotatable bonds is 6. The van der Waals surface area contributed by atoms with Crippen molar-refractivity contribution in [1.29, 1.82) is 0 Å². The van der Waals surface area contributed by atoms with E-state index in [9.17, 15) is 0 Å². The minimum atomic E-state index is -0.0975. The van der Waals surface area contributed by atoms with Gasteiger partial charge in [-0.2, -0.15) is 0 Å². The van der Waals surface area contributed by atoms with Crippen molar-refractivity contribution in [2.45, 2.75) is 45.6 Å². The summed E-state index contributed by atoms with van der Waals surface area (Å²) < 4.78 is 5.37. The summed E-state index contributed by atoms with van der Waals surface area (Å²) in [5.74, 6) is 0.926. The van der Waals surface area contributed by atoms with Crippen LogP contribution in [-0.4, -0.2) is 12.6 Å². The van der Waals surface area contributed by atoms with Gasteiger partial charge in [0.25, 0.3) is 0 Å². The average molecular weight is 247 g/mol. The summed E-state index contributed by atoms with van der Waals surface area (Å²) in [5, 5.41) is 0. The lowest BCUT2D eigenvalue weighted by Crippen LogP contribution is -2.31. The quantitative estimate of drug-likeness (QED) is 0.830. The van der Waals surface area contributed by atoms with Crippen LogP contribution in [0.15, 0.2) is 24.3 Å². The number of ether oxygens (including phenoxy) is 1. The molecule has 1 rings (SSSR count). The largest absolute Gasteiger partial charge is 0.496 e. The summed E-state index contributed by atoms with van der Waals surface area (Å²) in [6, 6.07) is 6.33. The Kier molecular flexibility index (Phi) is 5.42. The number of nitrogens with two attached hydrogens (primary N) is 1. The molecule has 0 aliphatic rings. The van der Waals surface area contributed by atoms with E-state index in [0.29, 0.717) is 0 Å². The standard InChI is InChI=1S/C16H25NO/c1-5-13-9-10-15(18-4)14(12-13)8-6-7-11-16(2,3)17/h6,8-10,12H,5,7,11,17H2,1-4H3/b8-6+. The summed E-state index contributed by atoms with van der Waals surface area (Å²) in [7, 11) is 1.71. The first-order valence-electron chi connectivity index (χ1n) is 6.58. The van der Waals surface area contributed by atoms with Gasteiger partial charge >= 0.3 is 0 Å². The molecular formula is C16H25NO. The normalized spacial score (nSPS) is 12.1. The number of aryl methyl sites for hydroxylation is 1. The monoisotopic (exact) mass is 247 g/mol. The van der Waals surface area contributed by atoms with Crippen molar-refractivity contribution in [3.63, 3.8) is 0 Å². The van der Waals surface area contributed by atoms with Crippen molar-refractivity contribution in [2.75, 3.05) is 7.11 Å². The molecule has 0 aliphatic heterocycles. The molecule has 2 nitrogen and oxygen atoms in total. The number of hydrogen-bond donors (Lipinski definition) is 1. The Morgan fingerprint density at radius 2 is 2.06 bits per heavy atom. The third-order valence-corrected chi connectivity index (χ3v) is 2.96. The lowest BCUT2D eigenvalue weighted by atomic mass is 9.99. The molecule has 0 saturated carbocycles. The molecule has 0 radical (unpaired) electrons. The molecule has 0 fully saturated rings. The fourth-order valence-electron chi connectivity index (χ4n) is 1.80. The first-order chi connectivity index (χ1) is 8.46. The van der Waals surface area contributed by atoms with Crippen LogP contribution in [0.5, 0.6) is 5.75 Å². The highest BCUT2D eigenvalue weighted by atomic mass is 16.5. The number of allylic oxidation sites excluding steroid dienone is 1. The van der Waals surface area contributed by atoms with Crippen LogP contribution >= 0.6 is 0 Å². The van der Waals surface area contributed by atoms with Gasteiger partial charge in [-0.25, -0.2) is 0 Å². The molecule has 2 N–H and O–H groups in total. The highest BCUT2D eigenvalue weighted by Crippen LogP contribution is 2.22. The van der Waals surface area contributed by atoms with Crippen molar-refractivity contribution in [2.24, 2.45) is 5.73 Å². The van der Waals surface area contributed by atoms with Gasteiger partial charge in [0.05, 0.1) is 7.11 Å². The van der Waals surface area contributed by atoms with Crippen molar-refractivity contribution >= 4 is 6.08 Å². The van der Waals surface area contributed by atoms with E-state index in [4.69, 9.17) is 10.5 Å². The molecule has 0 aromatic heterocycles. The number of benzene rings is 1. The van der Waals surface area contributed by atoms with Crippen LogP contribution in [-0.2, 0) is 6.42 Å². The second-order valence-electron chi connectivity index (χ2n) is 5.36. The Hall–Kier alpha value is -1.28. The first kappa shape index (κ1) is 14.8. The summed E-state index contributed by atoms with van der Waals surface area (Å²) >= 11 is 0. The third-order valence-electron chi connectivity index (χ3n) is 2.96. The fourth-order valence-corrected chi connectivity index (χ4v) is 1.80. The van der Waals surface area contributed by atoms with Gasteiger partial charge in [-0.15, -0.1) is 0 Å². The van der Waals surface area contributed by atoms with E-state index in [1.54, 1.807) is 7.11 Å². The molecule has 1 aromatic rings. The predicted molar refractivity (Wildman–Crippen MR) is 78.9 cm³/mol. The predicted octanol–water partition coefficient (Wildman–Crippen LogP) is 3.79. The Bertz CT molecular complexity index is 402. The van der Waals surface area contributed by atoms with Crippen LogP contribution in [0, 0.1) is 0 Å². The zero-order chi connectivity index (χ0) is 13.6. The van der Waals surface area contributed by atoms with Gasteiger partial charge in [-0.1, -0.05) is 25.1 Å². The van der Waals surface area contributed by atoms with Gasteiger partial charge < -0.3 is 10.5 Å². The van der Waals surface area contributed by atoms with Crippen molar-refractivity contribution < 1.29 is 4.74 Å². The van der Waals surface area contributed by atoms with E-state index in [-0.39, 0.29) is 5.54 Å². The van der Waals surface area contributed by atoms with Gasteiger partial charge in [0.2, 0.25) is 0 Å².